The predicted molar refractivity (Wildman–Crippen MR) is 93.2 cm³/mol. The van der Waals surface area contributed by atoms with Crippen LogP contribution in [-0.2, 0) is 19.7 Å². The van der Waals surface area contributed by atoms with Crippen molar-refractivity contribution in [3.63, 3.8) is 0 Å². The smallest absolute Gasteiger partial charge is 0.235 e. The molecule has 1 aromatic rings. The van der Waals surface area contributed by atoms with Crippen molar-refractivity contribution < 1.29 is 39.6 Å². The molecular formula is C17H22N2O9. The van der Waals surface area contributed by atoms with Crippen LogP contribution in [0, 0.1) is 10.1 Å². The lowest BCUT2D eigenvalue weighted by atomic mass is 9.60. The lowest BCUT2D eigenvalue weighted by Gasteiger charge is -2.54. The lowest BCUT2D eigenvalue weighted by Crippen LogP contribution is -2.76. The first-order valence-electron chi connectivity index (χ1n) is 8.22. The predicted octanol–water partition coefficient (Wildman–Crippen LogP) is -1.98. The number of rotatable bonds is 7. The van der Waals surface area contributed by atoms with E-state index in [0.29, 0.717) is 6.20 Å². The van der Waals surface area contributed by atoms with Crippen LogP contribution in [0.1, 0.15) is 5.56 Å². The fraction of sp³-hybridized carbons (Fsp3) is 0.471. The molecule has 11 heteroatoms. The van der Waals surface area contributed by atoms with Crippen molar-refractivity contribution in [3.05, 3.63) is 58.3 Å². The van der Waals surface area contributed by atoms with Crippen molar-refractivity contribution >= 4 is 5.91 Å². The number of nitrogens with two attached hydrogens (primary N) is 1. The third-order valence-corrected chi connectivity index (χ3v) is 4.97. The highest BCUT2D eigenvalue weighted by molar-refractivity contribution is 5.91. The molecule has 0 radical (unpaired) electrons. The van der Waals surface area contributed by atoms with Gasteiger partial charge in [0.25, 0.3) is 0 Å². The van der Waals surface area contributed by atoms with Crippen LogP contribution in [0.5, 0.6) is 0 Å². The maximum Gasteiger partial charge on any atom is 0.235 e. The van der Waals surface area contributed by atoms with Crippen LogP contribution in [-0.4, -0.2) is 75.2 Å². The minimum absolute atomic E-state index is 0.00422. The quantitative estimate of drug-likeness (QED) is 0.256. The Morgan fingerprint density at radius 3 is 2.50 bits per heavy atom. The van der Waals surface area contributed by atoms with Gasteiger partial charge >= 0.3 is 0 Å². The largest absolute Gasteiger partial charge is 0.394 e. The first-order valence-corrected chi connectivity index (χ1v) is 8.22. The zero-order valence-electron chi connectivity index (χ0n) is 14.9. The highest BCUT2D eigenvalue weighted by atomic mass is 16.7. The Labute approximate surface area is 159 Å². The van der Waals surface area contributed by atoms with Crippen molar-refractivity contribution in [1.29, 1.82) is 0 Å². The number of aliphatic hydroxyl groups is 4. The van der Waals surface area contributed by atoms with E-state index in [-0.39, 0.29) is 5.56 Å². The first kappa shape index (κ1) is 21.9. The van der Waals surface area contributed by atoms with Gasteiger partial charge in [0.15, 0.2) is 6.29 Å². The summed E-state index contributed by atoms with van der Waals surface area (Å²) in [6, 6.07) is 7.30. The van der Waals surface area contributed by atoms with Gasteiger partial charge in [0.2, 0.25) is 12.1 Å². The molecule has 1 aliphatic rings. The number of aliphatic hydroxyl groups excluding tert-OH is 3. The number of ether oxygens (including phenoxy) is 2. The summed E-state index contributed by atoms with van der Waals surface area (Å²) in [7, 11) is 1.11. The Kier molecular flexibility index (Phi) is 6.49. The number of carbonyl (C=O) groups is 1. The summed E-state index contributed by atoms with van der Waals surface area (Å²) in [5.74, 6) is -1.26. The van der Waals surface area contributed by atoms with E-state index in [2.05, 4.69) is 0 Å². The molecule has 0 bridgehead atoms. The average molecular weight is 398 g/mol. The monoisotopic (exact) mass is 398 g/mol. The second kappa shape index (κ2) is 8.31. The molecule has 0 spiro atoms. The number of nitro groups is 1. The van der Waals surface area contributed by atoms with Crippen LogP contribution in [0.15, 0.2) is 42.6 Å². The van der Waals surface area contributed by atoms with Crippen LogP contribution < -0.4 is 5.73 Å². The zero-order valence-corrected chi connectivity index (χ0v) is 14.9. The molecule has 11 nitrogen and oxygen atoms in total. The molecule has 0 saturated carbocycles. The summed E-state index contributed by atoms with van der Waals surface area (Å²) in [6.45, 7) is -0.949. The van der Waals surface area contributed by atoms with E-state index in [1.54, 1.807) is 6.07 Å². The molecule has 2 rings (SSSR count). The molecule has 1 saturated heterocycles. The Morgan fingerprint density at radius 1 is 1.43 bits per heavy atom. The molecule has 1 unspecified atom stereocenters. The molecule has 0 aromatic heterocycles. The number of methoxy groups -OCH3 is 1. The molecule has 28 heavy (non-hydrogen) atoms. The number of amides is 1. The molecule has 0 aliphatic carbocycles. The molecule has 1 amide bonds. The fourth-order valence-corrected chi connectivity index (χ4v) is 3.62. The normalized spacial score (nSPS) is 32.8. The van der Waals surface area contributed by atoms with Gasteiger partial charge in [-0.15, -0.1) is 0 Å². The van der Waals surface area contributed by atoms with Crippen LogP contribution in [0.2, 0.25) is 0 Å². The third kappa shape index (κ3) is 3.28. The number of nitrogens with zero attached hydrogens (tertiary/aromatic N) is 1. The second-order valence-corrected chi connectivity index (χ2v) is 6.31. The van der Waals surface area contributed by atoms with Gasteiger partial charge < -0.3 is 35.6 Å². The van der Waals surface area contributed by atoms with Crippen LogP contribution >= 0.6 is 0 Å². The topological polar surface area (TPSA) is 186 Å². The van der Waals surface area contributed by atoms with Gasteiger partial charge in [-0.05, 0) is 5.56 Å². The van der Waals surface area contributed by atoms with E-state index >= 15 is 0 Å². The second-order valence-electron chi connectivity index (χ2n) is 6.31. The lowest BCUT2D eigenvalue weighted by molar-refractivity contribution is -0.403. The molecule has 6 N–H and O–H groups in total. The minimum atomic E-state index is -2.73. The molecule has 1 heterocycles. The molecule has 1 fully saturated rings. The van der Waals surface area contributed by atoms with Crippen molar-refractivity contribution in [2.24, 2.45) is 5.73 Å². The molecule has 1 aromatic carbocycles. The highest BCUT2D eigenvalue weighted by Gasteiger charge is 2.68. The van der Waals surface area contributed by atoms with E-state index in [9.17, 15) is 35.3 Å². The first-order chi connectivity index (χ1) is 13.2. The van der Waals surface area contributed by atoms with Gasteiger partial charge in [0.05, 0.1) is 11.5 Å². The number of benzene rings is 1. The van der Waals surface area contributed by atoms with E-state index < -0.39 is 53.1 Å². The Balaban J connectivity index is 2.86. The molecule has 6 atom stereocenters. The Morgan fingerprint density at radius 2 is 2.04 bits per heavy atom. The Bertz CT molecular complexity index is 743. The van der Waals surface area contributed by atoms with E-state index in [0.717, 1.165) is 13.2 Å². The number of carbonyl (C=O) groups excluding carboxylic acids is 1. The van der Waals surface area contributed by atoms with Crippen molar-refractivity contribution in [1.82, 2.24) is 0 Å². The highest BCUT2D eigenvalue weighted by Crippen LogP contribution is 2.46. The van der Waals surface area contributed by atoms with Gasteiger partial charge in [-0.2, -0.15) is 0 Å². The summed E-state index contributed by atoms with van der Waals surface area (Å²) in [6.07, 6.45) is -5.94. The standard InChI is InChI=1S/C17H22N2O9/c1-27-12-13(21)17(24,11(9-20)28-14(12)22)16(15(18)23,7-8-19(25)26)10-5-3-2-4-6-10/h2-8,11-14,20-22,24H,9H2,1H3,(H2,18,23)/t11-,12+,13-,14+,16?,17-/m1/s1. The van der Waals surface area contributed by atoms with Crippen LogP contribution in [0.4, 0.5) is 0 Å². The Hall–Kier alpha value is -2.41. The summed E-state index contributed by atoms with van der Waals surface area (Å²) < 4.78 is 10.1. The van der Waals surface area contributed by atoms with Gasteiger partial charge in [-0.3, -0.25) is 14.9 Å². The molecule has 154 valence electrons. The van der Waals surface area contributed by atoms with E-state index in [1.807, 2.05) is 0 Å². The van der Waals surface area contributed by atoms with Gasteiger partial charge in [0.1, 0.15) is 29.3 Å². The van der Waals surface area contributed by atoms with Crippen LogP contribution in [0.3, 0.4) is 0 Å². The summed E-state index contributed by atoms with van der Waals surface area (Å²) in [4.78, 5) is 22.8. The van der Waals surface area contributed by atoms with E-state index in [1.165, 1.54) is 24.3 Å². The van der Waals surface area contributed by atoms with E-state index in [4.69, 9.17) is 15.2 Å². The molecule has 1 aliphatic heterocycles. The van der Waals surface area contributed by atoms with Crippen LogP contribution in [0.25, 0.3) is 0 Å². The SMILES string of the molecule is CO[C@H]1[C@@H](O)[C@@](O)(C(C=C[N+](=O)[O-])(C(N)=O)c2ccccc2)[C@@H](CO)O[C@@H]1O. The maximum absolute atomic E-state index is 12.7. The van der Waals surface area contributed by atoms with Gasteiger partial charge in [-0.1, -0.05) is 30.3 Å². The average Bonchev–Trinajstić information content (AvgIpc) is 2.66. The minimum Gasteiger partial charge on any atom is -0.394 e. The number of primary amides is 1. The van der Waals surface area contributed by atoms with Gasteiger partial charge in [-0.25, -0.2) is 0 Å². The number of hydrogen-bond acceptors (Lipinski definition) is 9. The summed E-state index contributed by atoms with van der Waals surface area (Å²) in [5.41, 5.74) is 0.432. The van der Waals surface area contributed by atoms with Gasteiger partial charge in [0, 0.05) is 13.2 Å². The summed E-state index contributed by atoms with van der Waals surface area (Å²) >= 11 is 0. The van der Waals surface area contributed by atoms with Crippen molar-refractivity contribution in [3.8, 4) is 0 Å². The number of hydrogen-bond donors (Lipinski definition) is 5. The summed E-state index contributed by atoms with van der Waals surface area (Å²) in [5, 5.41) is 53.1. The molecular weight excluding hydrogens is 376 g/mol. The fourth-order valence-electron chi connectivity index (χ4n) is 3.62. The maximum atomic E-state index is 12.7. The third-order valence-electron chi connectivity index (χ3n) is 4.97. The van der Waals surface area contributed by atoms with Crippen molar-refractivity contribution in [2.45, 2.75) is 35.6 Å². The zero-order chi connectivity index (χ0) is 21.1. The van der Waals surface area contributed by atoms with Crippen molar-refractivity contribution in [2.75, 3.05) is 13.7 Å².